The summed E-state index contributed by atoms with van der Waals surface area (Å²) < 4.78 is 38.9. The van der Waals surface area contributed by atoms with E-state index >= 15 is 0 Å². The number of aliphatic carboxylic acids is 1. The maximum atomic E-state index is 13.0. The average molecular weight is 301 g/mol. The van der Waals surface area contributed by atoms with Crippen molar-refractivity contribution in [2.24, 2.45) is 11.8 Å². The standard InChI is InChI=1S/C11H10F3N5O2/c12-11(13,14)6-2-19(1-5(6)10(20)21)9-7-8(16-3-15-7)17-4-18-9/h3-6H,1-2H2,(H,20,21)(H,15,16,17,18)/t5-,6-/m1/s1. The zero-order valence-electron chi connectivity index (χ0n) is 10.5. The molecule has 0 saturated carbocycles. The fourth-order valence-corrected chi connectivity index (χ4v) is 2.55. The predicted molar refractivity (Wildman–Crippen MR) is 64.6 cm³/mol. The number of fused-ring (bicyclic) bond motifs is 1. The molecule has 3 rings (SSSR count). The number of nitrogens with one attached hydrogen (secondary N) is 1. The highest BCUT2D eigenvalue weighted by Gasteiger charge is 2.53. The Morgan fingerprint density at radius 2 is 2.10 bits per heavy atom. The number of anilines is 1. The van der Waals surface area contributed by atoms with Gasteiger partial charge < -0.3 is 15.0 Å². The maximum Gasteiger partial charge on any atom is 0.394 e. The Bertz CT molecular complexity index is 686. The highest BCUT2D eigenvalue weighted by atomic mass is 19.4. The third-order valence-electron chi connectivity index (χ3n) is 3.56. The van der Waals surface area contributed by atoms with Crippen LogP contribution < -0.4 is 4.90 Å². The lowest BCUT2D eigenvalue weighted by Crippen LogP contribution is -2.33. The molecule has 0 aliphatic carbocycles. The molecule has 0 spiro atoms. The van der Waals surface area contributed by atoms with Crippen LogP contribution in [0.25, 0.3) is 11.2 Å². The second-order valence-corrected chi connectivity index (χ2v) is 4.80. The maximum absolute atomic E-state index is 13.0. The summed E-state index contributed by atoms with van der Waals surface area (Å²) in [5, 5.41) is 9.01. The minimum absolute atomic E-state index is 0.232. The minimum atomic E-state index is -4.57. The van der Waals surface area contributed by atoms with E-state index in [1.54, 1.807) is 0 Å². The molecule has 0 unspecified atom stereocenters. The molecule has 1 saturated heterocycles. The van der Waals surface area contributed by atoms with Crippen LogP contribution in [0.15, 0.2) is 12.7 Å². The number of imidazole rings is 1. The Hall–Kier alpha value is -2.39. The normalized spacial score (nSPS) is 22.9. The number of aromatic amines is 1. The van der Waals surface area contributed by atoms with E-state index in [9.17, 15) is 18.0 Å². The van der Waals surface area contributed by atoms with Gasteiger partial charge in [-0.05, 0) is 0 Å². The topological polar surface area (TPSA) is 95.0 Å². The number of nitrogens with zero attached hydrogens (tertiary/aromatic N) is 4. The van der Waals surface area contributed by atoms with E-state index in [4.69, 9.17) is 5.11 Å². The van der Waals surface area contributed by atoms with E-state index in [0.29, 0.717) is 11.2 Å². The summed E-state index contributed by atoms with van der Waals surface area (Å²) in [5.41, 5.74) is 0.715. The monoisotopic (exact) mass is 301 g/mol. The molecule has 112 valence electrons. The summed E-state index contributed by atoms with van der Waals surface area (Å²) in [4.78, 5) is 26.9. The lowest BCUT2D eigenvalue weighted by Gasteiger charge is -2.18. The van der Waals surface area contributed by atoms with Gasteiger partial charge in [-0.15, -0.1) is 0 Å². The molecule has 1 fully saturated rings. The summed E-state index contributed by atoms with van der Waals surface area (Å²) in [7, 11) is 0. The van der Waals surface area contributed by atoms with Crippen LogP contribution in [0.1, 0.15) is 0 Å². The van der Waals surface area contributed by atoms with Crippen LogP contribution in [0.3, 0.4) is 0 Å². The quantitative estimate of drug-likeness (QED) is 0.861. The Balaban J connectivity index is 1.98. The second kappa shape index (κ2) is 4.57. The molecule has 21 heavy (non-hydrogen) atoms. The van der Waals surface area contributed by atoms with E-state index in [0.717, 1.165) is 0 Å². The highest BCUT2D eigenvalue weighted by Crippen LogP contribution is 2.39. The van der Waals surface area contributed by atoms with Crippen molar-refractivity contribution in [3.63, 3.8) is 0 Å². The molecule has 0 bridgehead atoms. The van der Waals surface area contributed by atoms with E-state index < -0.39 is 30.5 Å². The summed E-state index contributed by atoms with van der Waals surface area (Å²) in [6.07, 6.45) is -2.03. The van der Waals surface area contributed by atoms with Crippen molar-refractivity contribution in [1.82, 2.24) is 19.9 Å². The summed E-state index contributed by atoms with van der Waals surface area (Å²) in [5.74, 6) is -4.67. The van der Waals surface area contributed by atoms with Crippen molar-refractivity contribution in [3.05, 3.63) is 12.7 Å². The molecule has 2 aromatic rings. The SMILES string of the molecule is O=C(O)[C@@H]1CN(c2ncnc3nc[nH]c23)C[C@H]1C(F)(F)F. The van der Waals surface area contributed by atoms with E-state index in [2.05, 4.69) is 19.9 Å². The number of carbonyl (C=O) groups is 1. The van der Waals surface area contributed by atoms with Crippen molar-refractivity contribution in [3.8, 4) is 0 Å². The van der Waals surface area contributed by atoms with Gasteiger partial charge in [-0.2, -0.15) is 13.2 Å². The van der Waals surface area contributed by atoms with Gasteiger partial charge in [0.1, 0.15) is 11.8 Å². The van der Waals surface area contributed by atoms with Gasteiger partial charge in [0.25, 0.3) is 0 Å². The van der Waals surface area contributed by atoms with Crippen LogP contribution in [0.4, 0.5) is 19.0 Å². The number of alkyl halides is 3. The predicted octanol–water partition coefficient (Wildman–Crippen LogP) is 1.05. The lowest BCUT2D eigenvalue weighted by molar-refractivity contribution is -0.187. The molecule has 2 atom stereocenters. The molecule has 2 aromatic heterocycles. The van der Waals surface area contributed by atoms with Gasteiger partial charge >= 0.3 is 12.1 Å². The number of hydrogen-bond donors (Lipinski definition) is 2. The van der Waals surface area contributed by atoms with Crippen molar-refractivity contribution in [2.45, 2.75) is 6.18 Å². The Labute approximate surface area is 115 Å². The van der Waals surface area contributed by atoms with Gasteiger partial charge in [0.2, 0.25) is 0 Å². The molecule has 10 heteroatoms. The first kappa shape index (κ1) is 13.6. The number of rotatable bonds is 2. The summed E-state index contributed by atoms with van der Waals surface area (Å²) in [6.45, 7) is -0.712. The van der Waals surface area contributed by atoms with Crippen LogP contribution in [-0.2, 0) is 4.79 Å². The fourth-order valence-electron chi connectivity index (χ4n) is 2.55. The van der Waals surface area contributed by atoms with Gasteiger partial charge in [0.05, 0.1) is 18.2 Å². The molecule has 1 aliphatic heterocycles. The number of hydrogen-bond acceptors (Lipinski definition) is 5. The molecule has 0 aromatic carbocycles. The lowest BCUT2D eigenvalue weighted by atomic mass is 9.96. The van der Waals surface area contributed by atoms with Gasteiger partial charge in [0.15, 0.2) is 11.5 Å². The van der Waals surface area contributed by atoms with Crippen LogP contribution in [-0.4, -0.2) is 50.3 Å². The second-order valence-electron chi connectivity index (χ2n) is 4.80. The zero-order valence-corrected chi connectivity index (χ0v) is 10.5. The molecule has 3 heterocycles. The minimum Gasteiger partial charge on any atom is -0.481 e. The largest absolute Gasteiger partial charge is 0.481 e. The van der Waals surface area contributed by atoms with Crippen molar-refractivity contribution < 1.29 is 23.1 Å². The van der Waals surface area contributed by atoms with Gasteiger partial charge in [-0.1, -0.05) is 0 Å². The number of halogens is 3. The van der Waals surface area contributed by atoms with Crippen molar-refractivity contribution in [2.75, 3.05) is 18.0 Å². The third kappa shape index (κ3) is 2.26. The molecular weight excluding hydrogens is 291 g/mol. The number of aromatic nitrogens is 4. The van der Waals surface area contributed by atoms with Crippen LogP contribution >= 0.6 is 0 Å². The summed E-state index contributed by atoms with van der Waals surface area (Å²) in [6, 6.07) is 0. The third-order valence-corrected chi connectivity index (χ3v) is 3.56. The highest BCUT2D eigenvalue weighted by molar-refractivity contribution is 5.83. The molecular formula is C11H10F3N5O2. The zero-order chi connectivity index (χ0) is 15.2. The van der Waals surface area contributed by atoms with E-state index in [1.165, 1.54) is 17.6 Å². The van der Waals surface area contributed by atoms with Crippen molar-refractivity contribution in [1.29, 1.82) is 0 Å². The smallest absolute Gasteiger partial charge is 0.394 e. The van der Waals surface area contributed by atoms with Crippen LogP contribution in [0, 0.1) is 11.8 Å². The van der Waals surface area contributed by atoms with Gasteiger partial charge in [0, 0.05) is 13.1 Å². The van der Waals surface area contributed by atoms with Gasteiger partial charge in [-0.3, -0.25) is 4.79 Å². The molecule has 7 nitrogen and oxygen atoms in total. The number of carboxylic acid groups (broad SMARTS) is 1. The number of H-pyrrole nitrogens is 1. The van der Waals surface area contributed by atoms with E-state index in [-0.39, 0.29) is 12.4 Å². The van der Waals surface area contributed by atoms with Crippen LogP contribution in [0.5, 0.6) is 0 Å². The first-order valence-corrected chi connectivity index (χ1v) is 6.06. The molecule has 1 aliphatic rings. The number of carboxylic acids is 1. The Morgan fingerprint density at radius 3 is 2.71 bits per heavy atom. The molecule has 0 radical (unpaired) electrons. The van der Waals surface area contributed by atoms with Crippen molar-refractivity contribution >= 4 is 23.0 Å². The fraction of sp³-hybridized carbons (Fsp3) is 0.455. The van der Waals surface area contributed by atoms with Crippen LogP contribution in [0.2, 0.25) is 0 Å². The average Bonchev–Trinajstić information content (AvgIpc) is 3.04. The van der Waals surface area contributed by atoms with Gasteiger partial charge in [-0.25, -0.2) is 15.0 Å². The summed E-state index contributed by atoms with van der Waals surface area (Å²) >= 11 is 0. The first-order valence-electron chi connectivity index (χ1n) is 6.06. The molecule has 2 N–H and O–H groups in total. The van der Waals surface area contributed by atoms with E-state index in [1.807, 2.05) is 0 Å². The Morgan fingerprint density at radius 1 is 1.33 bits per heavy atom. The molecule has 0 amide bonds. The Kier molecular flexibility index (Phi) is 2.96. The first-order chi connectivity index (χ1) is 9.88.